The van der Waals surface area contributed by atoms with Crippen LogP contribution in [0.3, 0.4) is 0 Å². The molecule has 20 heavy (non-hydrogen) atoms. The van der Waals surface area contributed by atoms with Crippen molar-refractivity contribution in [2.45, 2.75) is 6.92 Å². The summed E-state index contributed by atoms with van der Waals surface area (Å²) in [5.41, 5.74) is 1.24. The molecular formula is C14H9ClF2N2S. The van der Waals surface area contributed by atoms with Crippen LogP contribution in [0.15, 0.2) is 30.3 Å². The van der Waals surface area contributed by atoms with E-state index in [1.807, 2.05) is 0 Å². The molecule has 0 aliphatic heterocycles. The fourth-order valence-electron chi connectivity index (χ4n) is 2.16. The van der Waals surface area contributed by atoms with E-state index >= 15 is 0 Å². The Kier molecular flexibility index (Phi) is 3.11. The predicted octanol–water partition coefficient (Wildman–Crippen LogP) is 4.93. The van der Waals surface area contributed by atoms with Crippen LogP contribution in [0.5, 0.6) is 0 Å². The number of H-pyrrole nitrogens is 1. The van der Waals surface area contributed by atoms with Crippen molar-refractivity contribution in [3.63, 3.8) is 0 Å². The number of hydrogen-bond donors (Lipinski definition) is 1. The maximum Gasteiger partial charge on any atom is 0.182 e. The van der Waals surface area contributed by atoms with Crippen molar-refractivity contribution in [2.75, 3.05) is 0 Å². The summed E-state index contributed by atoms with van der Waals surface area (Å²) in [5.74, 6) is -1.31. The lowest BCUT2D eigenvalue weighted by Crippen LogP contribution is -2.03. The molecule has 102 valence electrons. The van der Waals surface area contributed by atoms with Gasteiger partial charge in [-0.3, -0.25) is 4.57 Å². The van der Waals surface area contributed by atoms with E-state index in [9.17, 15) is 8.78 Å². The third kappa shape index (κ3) is 1.85. The molecule has 0 saturated carbocycles. The monoisotopic (exact) mass is 310 g/mol. The van der Waals surface area contributed by atoms with Crippen LogP contribution in [0.4, 0.5) is 8.78 Å². The van der Waals surface area contributed by atoms with Gasteiger partial charge < -0.3 is 4.98 Å². The number of fused-ring (bicyclic) bond motifs is 1. The van der Waals surface area contributed by atoms with Gasteiger partial charge >= 0.3 is 0 Å². The second kappa shape index (κ2) is 4.68. The van der Waals surface area contributed by atoms with Crippen LogP contribution in [0.25, 0.3) is 16.7 Å². The summed E-state index contributed by atoms with van der Waals surface area (Å²) in [5, 5.41) is 0.445. The summed E-state index contributed by atoms with van der Waals surface area (Å²) in [7, 11) is 0. The van der Waals surface area contributed by atoms with Crippen LogP contribution in [0.1, 0.15) is 5.56 Å². The number of nitrogens with zero attached hydrogens (tertiary/aromatic N) is 1. The molecule has 0 aliphatic carbocycles. The first-order chi connectivity index (χ1) is 9.50. The molecular weight excluding hydrogens is 302 g/mol. The van der Waals surface area contributed by atoms with Crippen LogP contribution >= 0.6 is 23.8 Å². The van der Waals surface area contributed by atoms with Crippen molar-refractivity contribution < 1.29 is 8.78 Å². The minimum absolute atomic E-state index is 0.191. The van der Waals surface area contributed by atoms with E-state index in [1.165, 1.54) is 16.7 Å². The van der Waals surface area contributed by atoms with E-state index in [4.69, 9.17) is 23.8 Å². The first kappa shape index (κ1) is 13.3. The molecule has 0 radical (unpaired) electrons. The van der Waals surface area contributed by atoms with Crippen molar-refractivity contribution in [1.82, 2.24) is 9.55 Å². The van der Waals surface area contributed by atoms with E-state index in [0.29, 0.717) is 21.6 Å². The minimum atomic E-state index is -0.676. The summed E-state index contributed by atoms with van der Waals surface area (Å²) in [6.45, 7) is 1.57. The van der Waals surface area contributed by atoms with Gasteiger partial charge in [0.15, 0.2) is 10.6 Å². The fourth-order valence-corrected chi connectivity index (χ4v) is 2.67. The van der Waals surface area contributed by atoms with Gasteiger partial charge in [0.05, 0.1) is 16.1 Å². The summed E-state index contributed by atoms with van der Waals surface area (Å²) < 4.78 is 29.8. The highest BCUT2D eigenvalue weighted by Gasteiger charge is 2.17. The topological polar surface area (TPSA) is 20.7 Å². The smallest absolute Gasteiger partial charge is 0.182 e. The normalized spacial score (nSPS) is 11.2. The van der Waals surface area contributed by atoms with Crippen LogP contribution in [0, 0.1) is 23.3 Å². The second-order valence-electron chi connectivity index (χ2n) is 4.43. The van der Waals surface area contributed by atoms with Crippen LogP contribution in [-0.4, -0.2) is 9.55 Å². The molecule has 3 rings (SSSR count). The van der Waals surface area contributed by atoms with Crippen LogP contribution < -0.4 is 0 Å². The van der Waals surface area contributed by atoms with Crippen molar-refractivity contribution in [1.29, 1.82) is 0 Å². The summed E-state index contributed by atoms with van der Waals surface area (Å²) in [6, 6.07) is 7.70. The van der Waals surface area contributed by atoms with Gasteiger partial charge in [0.1, 0.15) is 11.5 Å². The van der Waals surface area contributed by atoms with Gasteiger partial charge in [-0.2, -0.15) is 0 Å². The zero-order chi connectivity index (χ0) is 14.4. The first-order valence-electron chi connectivity index (χ1n) is 5.85. The highest BCUT2D eigenvalue weighted by atomic mass is 35.5. The van der Waals surface area contributed by atoms with Gasteiger partial charge in [-0.15, -0.1) is 0 Å². The van der Waals surface area contributed by atoms with E-state index < -0.39 is 11.6 Å². The number of hydrogen-bond acceptors (Lipinski definition) is 1. The molecule has 0 atom stereocenters. The Balaban J connectivity index is 2.48. The average molecular weight is 311 g/mol. The third-order valence-electron chi connectivity index (χ3n) is 3.15. The second-order valence-corrected chi connectivity index (χ2v) is 5.22. The standard InChI is InChI=1S/C14H9ClF2N2S/c1-7-5-6-9(16)13(11(7)17)19-10-4-2-3-8(15)12(10)18-14(19)20/h2-6H,1H3,(H,18,20). The van der Waals surface area contributed by atoms with Gasteiger partial charge in [0.25, 0.3) is 0 Å². The van der Waals surface area contributed by atoms with Crippen molar-refractivity contribution >= 4 is 34.9 Å². The summed E-state index contributed by atoms with van der Waals surface area (Å²) >= 11 is 11.2. The Morgan fingerprint density at radius 3 is 2.70 bits per heavy atom. The van der Waals surface area contributed by atoms with Gasteiger partial charge in [-0.1, -0.05) is 23.7 Å². The SMILES string of the molecule is Cc1ccc(F)c(-n2c(=S)[nH]c3c(Cl)cccc32)c1F. The number of para-hydroxylation sites is 1. The molecule has 0 spiro atoms. The van der Waals surface area contributed by atoms with E-state index in [1.54, 1.807) is 25.1 Å². The lowest BCUT2D eigenvalue weighted by Gasteiger charge is -2.09. The number of nitrogens with one attached hydrogen (secondary N) is 1. The molecule has 6 heteroatoms. The number of halogens is 3. The molecule has 0 amide bonds. The molecule has 1 heterocycles. The summed E-state index contributed by atoms with van der Waals surface area (Å²) in [4.78, 5) is 2.88. The van der Waals surface area contributed by atoms with Crippen LogP contribution in [-0.2, 0) is 0 Å². The predicted molar refractivity (Wildman–Crippen MR) is 78.1 cm³/mol. The van der Waals surface area contributed by atoms with E-state index in [2.05, 4.69) is 4.98 Å². The van der Waals surface area contributed by atoms with Crippen LogP contribution in [0.2, 0.25) is 5.02 Å². The number of imidazole rings is 1. The first-order valence-corrected chi connectivity index (χ1v) is 6.63. The van der Waals surface area contributed by atoms with E-state index in [0.717, 1.165) is 0 Å². The molecule has 0 unspecified atom stereocenters. The van der Waals surface area contributed by atoms with Gasteiger partial charge in [-0.05, 0) is 42.9 Å². The molecule has 0 aliphatic rings. The molecule has 0 saturated heterocycles. The average Bonchev–Trinajstić information content (AvgIpc) is 2.74. The van der Waals surface area contributed by atoms with Crippen molar-refractivity contribution in [3.05, 3.63) is 57.3 Å². The molecule has 2 aromatic carbocycles. The number of benzene rings is 2. The lowest BCUT2D eigenvalue weighted by molar-refractivity contribution is 0.564. The van der Waals surface area contributed by atoms with Gasteiger partial charge in [0, 0.05) is 0 Å². The molecule has 0 bridgehead atoms. The zero-order valence-corrected chi connectivity index (χ0v) is 11.9. The Bertz CT molecular complexity index is 883. The molecule has 2 nitrogen and oxygen atoms in total. The highest BCUT2D eigenvalue weighted by Crippen LogP contribution is 2.28. The number of aromatic nitrogens is 2. The Morgan fingerprint density at radius 2 is 1.95 bits per heavy atom. The third-order valence-corrected chi connectivity index (χ3v) is 3.75. The zero-order valence-electron chi connectivity index (χ0n) is 10.4. The van der Waals surface area contributed by atoms with E-state index in [-0.39, 0.29) is 10.5 Å². The number of aryl methyl sites for hydroxylation is 1. The number of aromatic amines is 1. The maximum atomic E-state index is 14.3. The Labute approximate surface area is 123 Å². The largest absolute Gasteiger partial charge is 0.329 e. The quantitative estimate of drug-likeness (QED) is 0.632. The van der Waals surface area contributed by atoms with Crippen molar-refractivity contribution in [3.8, 4) is 5.69 Å². The highest BCUT2D eigenvalue weighted by molar-refractivity contribution is 7.71. The summed E-state index contributed by atoms with van der Waals surface area (Å²) in [6.07, 6.45) is 0. The molecule has 1 aromatic heterocycles. The number of rotatable bonds is 1. The Morgan fingerprint density at radius 1 is 1.20 bits per heavy atom. The van der Waals surface area contributed by atoms with Crippen molar-refractivity contribution in [2.24, 2.45) is 0 Å². The fraction of sp³-hybridized carbons (Fsp3) is 0.0714. The molecule has 3 aromatic rings. The van der Waals surface area contributed by atoms with Gasteiger partial charge in [0.2, 0.25) is 0 Å². The van der Waals surface area contributed by atoms with Gasteiger partial charge in [-0.25, -0.2) is 8.78 Å². The molecule has 0 fully saturated rings. The lowest BCUT2D eigenvalue weighted by atomic mass is 10.2. The molecule has 1 N–H and O–H groups in total. The Hall–Kier alpha value is -1.72. The minimum Gasteiger partial charge on any atom is -0.329 e. The maximum absolute atomic E-state index is 14.3.